The molecule has 0 spiro atoms. The van der Waals surface area contributed by atoms with Gasteiger partial charge in [-0.1, -0.05) is 54.0 Å². The Morgan fingerprint density at radius 1 is 1.23 bits per heavy atom. The third kappa shape index (κ3) is 4.31. The molecule has 0 radical (unpaired) electrons. The molecule has 0 atom stereocenters. The number of nitrogens with one attached hydrogen (secondary N) is 1. The number of aromatic nitrogens is 2. The summed E-state index contributed by atoms with van der Waals surface area (Å²) in [7, 11) is 0. The standard InChI is InChI=1S/C20H23BrN4O/c1-3-24(4-2)9-10-25-14-17(13-22-25)23-20(26)19-12-16(21)11-15-7-5-6-8-18(15)19/h5-8,11-14H,3-4,9-10H2,1-2H3,(H,23,26). The van der Waals surface area contributed by atoms with Gasteiger partial charge in [0.15, 0.2) is 0 Å². The second kappa shape index (κ2) is 8.47. The molecular weight excluding hydrogens is 392 g/mol. The van der Waals surface area contributed by atoms with Crippen molar-refractivity contribution >= 4 is 38.3 Å². The predicted octanol–water partition coefficient (Wildman–Crippen LogP) is 4.39. The number of rotatable bonds is 7. The number of likely N-dealkylation sites (N-methyl/N-ethyl adjacent to an activating group) is 1. The number of halogens is 1. The first-order valence-electron chi connectivity index (χ1n) is 8.85. The zero-order valence-electron chi connectivity index (χ0n) is 15.1. The second-order valence-electron chi connectivity index (χ2n) is 6.15. The summed E-state index contributed by atoms with van der Waals surface area (Å²) in [4.78, 5) is 15.1. The van der Waals surface area contributed by atoms with Gasteiger partial charge >= 0.3 is 0 Å². The van der Waals surface area contributed by atoms with Crippen LogP contribution in [0.3, 0.4) is 0 Å². The Labute approximate surface area is 162 Å². The number of benzene rings is 2. The van der Waals surface area contributed by atoms with Crippen molar-refractivity contribution < 1.29 is 4.79 Å². The van der Waals surface area contributed by atoms with Crippen LogP contribution in [-0.4, -0.2) is 40.2 Å². The third-order valence-corrected chi connectivity index (χ3v) is 4.96. The van der Waals surface area contributed by atoms with Gasteiger partial charge in [-0.25, -0.2) is 0 Å². The van der Waals surface area contributed by atoms with Crippen LogP contribution in [0, 0.1) is 0 Å². The van der Waals surface area contributed by atoms with Crippen LogP contribution in [0.25, 0.3) is 10.8 Å². The van der Waals surface area contributed by atoms with E-state index >= 15 is 0 Å². The predicted molar refractivity (Wildman–Crippen MR) is 110 cm³/mol. The van der Waals surface area contributed by atoms with Crippen molar-refractivity contribution in [2.24, 2.45) is 0 Å². The van der Waals surface area contributed by atoms with Crippen molar-refractivity contribution in [2.75, 3.05) is 25.0 Å². The van der Waals surface area contributed by atoms with Crippen molar-refractivity contribution in [1.29, 1.82) is 0 Å². The van der Waals surface area contributed by atoms with E-state index in [0.717, 1.165) is 41.4 Å². The van der Waals surface area contributed by atoms with Gasteiger partial charge in [0.1, 0.15) is 0 Å². The van der Waals surface area contributed by atoms with Gasteiger partial charge in [0.2, 0.25) is 0 Å². The average molecular weight is 415 g/mol. The summed E-state index contributed by atoms with van der Waals surface area (Å²) in [5, 5.41) is 9.27. The minimum Gasteiger partial charge on any atom is -0.319 e. The fourth-order valence-electron chi connectivity index (χ4n) is 2.99. The molecule has 0 fully saturated rings. The number of carbonyl (C=O) groups excluding carboxylic acids is 1. The maximum absolute atomic E-state index is 12.8. The van der Waals surface area contributed by atoms with Gasteiger partial charge in [-0.15, -0.1) is 0 Å². The van der Waals surface area contributed by atoms with Gasteiger partial charge in [-0.3, -0.25) is 9.48 Å². The van der Waals surface area contributed by atoms with Crippen molar-refractivity contribution in [3.8, 4) is 0 Å². The van der Waals surface area contributed by atoms with Crippen LogP contribution in [0.15, 0.2) is 53.3 Å². The molecule has 3 aromatic rings. The first-order valence-corrected chi connectivity index (χ1v) is 9.64. The molecule has 1 heterocycles. The molecule has 1 amide bonds. The second-order valence-corrected chi connectivity index (χ2v) is 7.06. The van der Waals surface area contributed by atoms with E-state index in [-0.39, 0.29) is 5.91 Å². The van der Waals surface area contributed by atoms with Crippen LogP contribution in [0.4, 0.5) is 5.69 Å². The molecule has 5 nitrogen and oxygen atoms in total. The highest BCUT2D eigenvalue weighted by molar-refractivity contribution is 9.10. The molecule has 136 valence electrons. The van der Waals surface area contributed by atoms with E-state index in [1.807, 2.05) is 47.3 Å². The number of amides is 1. The zero-order valence-corrected chi connectivity index (χ0v) is 16.7. The zero-order chi connectivity index (χ0) is 18.5. The molecule has 0 bridgehead atoms. The Hall–Kier alpha value is -2.18. The topological polar surface area (TPSA) is 50.2 Å². The van der Waals surface area contributed by atoms with E-state index < -0.39 is 0 Å². The van der Waals surface area contributed by atoms with Crippen LogP contribution in [0.1, 0.15) is 24.2 Å². The molecular formula is C20H23BrN4O. The molecule has 2 aromatic carbocycles. The van der Waals surface area contributed by atoms with Crippen LogP contribution >= 0.6 is 15.9 Å². The molecule has 0 aliphatic rings. The lowest BCUT2D eigenvalue weighted by Crippen LogP contribution is -2.27. The molecule has 0 aliphatic carbocycles. The summed E-state index contributed by atoms with van der Waals surface area (Å²) in [6.45, 7) is 8.10. The van der Waals surface area contributed by atoms with Crippen LogP contribution < -0.4 is 5.32 Å². The monoisotopic (exact) mass is 414 g/mol. The van der Waals surface area contributed by atoms with E-state index in [4.69, 9.17) is 0 Å². The Morgan fingerprint density at radius 3 is 2.77 bits per heavy atom. The summed E-state index contributed by atoms with van der Waals surface area (Å²) in [6.07, 6.45) is 3.57. The van der Waals surface area contributed by atoms with Gasteiger partial charge < -0.3 is 10.2 Å². The van der Waals surface area contributed by atoms with Crippen molar-refractivity contribution in [3.05, 3.63) is 58.8 Å². The molecule has 0 saturated heterocycles. The highest BCUT2D eigenvalue weighted by Gasteiger charge is 2.12. The minimum atomic E-state index is -0.134. The van der Waals surface area contributed by atoms with Gasteiger partial charge in [0.25, 0.3) is 5.91 Å². The van der Waals surface area contributed by atoms with Gasteiger partial charge in [0, 0.05) is 22.8 Å². The van der Waals surface area contributed by atoms with E-state index in [2.05, 4.69) is 45.1 Å². The maximum Gasteiger partial charge on any atom is 0.256 e. The molecule has 6 heteroatoms. The summed E-state index contributed by atoms with van der Waals surface area (Å²) in [5.74, 6) is -0.134. The number of hydrogen-bond donors (Lipinski definition) is 1. The Morgan fingerprint density at radius 2 is 2.00 bits per heavy atom. The first kappa shape index (κ1) is 18.6. The van der Waals surface area contributed by atoms with Gasteiger partial charge in [0.05, 0.1) is 18.4 Å². The first-order chi connectivity index (χ1) is 12.6. The fourth-order valence-corrected chi connectivity index (χ4v) is 3.47. The molecule has 0 unspecified atom stereocenters. The molecule has 3 rings (SSSR count). The number of fused-ring (bicyclic) bond motifs is 1. The summed E-state index contributed by atoms with van der Waals surface area (Å²) in [6, 6.07) is 11.7. The Balaban J connectivity index is 1.73. The number of nitrogens with zero attached hydrogens (tertiary/aromatic N) is 3. The Kier molecular flexibility index (Phi) is 6.06. The lowest BCUT2D eigenvalue weighted by molar-refractivity contribution is 0.102. The van der Waals surface area contributed by atoms with E-state index in [0.29, 0.717) is 11.3 Å². The van der Waals surface area contributed by atoms with E-state index in [1.54, 1.807) is 6.20 Å². The highest BCUT2D eigenvalue weighted by atomic mass is 79.9. The number of carbonyl (C=O) groups is 1. The SMILES string of the molecule is CCN(CC)CCn1cc(NC(=O)c2cc(Br)cc3ccccc23)cn1. The highest BCUT2D eigenvalue weighted by Crippen LogP contribution is 2.25. The normalized spacial score (nSPS) is 11.2. The van der Waals surface area contributed by atoms with E-state index in [1.165, 1.54) is 0 Å². The summed E-state index contributed by atoms with van der Waals surface area (Å²) < 4.78 is 2.75. The quantitative estimate of drug-likeness (QED) is 0.623. The average Bonchev–Trinajstić information content (AvgIpc) is 3.09. The van der Waals surface area contributed by atoms with E-state index in [9.17, 15) is 4.79 Å². The van der Waals surface area contributed by atoms with Gasteiger partial charge in [-0.05, 0) is 36.0 Å². The van der Waals surface area contributed by atoms with Crippen molar-refractivity contribution in [3.63, 3.8) is 0 Å². The van der Waals surface area contributed by atoms with Crippen LogP contribution in [0.5, 0.6) is 0 Å². The smallest absolute Gasteiger partial charge is 0.256 e. The minimum absolute atomic E-state index is 0.134. The van der Waals surface area contributed by atoms with Crippen molar-refractivity contribution in [2.45, 2.75) is 20.4 Å². The molecule has 0 saturated carbocycles. The molecule has 0 aliphatic heterocycles. The lowest BCUT2D eigenvalue weighted by atomic mass is 10.0. The number of hydrogen-bond acceptors (Lipinski definition) is 3. The van der Waals surface area contributed by atoms with Crippen molar-refractivity contribution in [1.82, 2.24) is 14.7 Å². The third-order valence-electron chi connectivity index (χ3n) is 4.50. The summed E-state index contributed by atoms with van der Waals surface area (Å²) >= 11 is 3.49. The number of anilines is 1. The lowest BCUT2D eigenvalue weighted by Gasteiger charge is -2.17. The molecule has 26 heavy (non-hydrogen) atoms. The molecule has 1 aromatic heterocycles. The van der Waals surface area contributed by atoms with Crippen LogP contribution in [-0.2, 0) is 6.54 Å². The fraction of sp³-hybridized carbons (Fsp3) is 0.300. The maximum atomic E-state index is 12.8. The van der Waals surface area contributed by atoms with Gasteiger partial charge in [-0.2, -0.15) is 5.10 Å². The van der Waals surface area contributed by atoms with Crippen LogP contribution in [0.2, 0.25) is 0 Å². The molecule has 1 N–H and O–H groups in total. The Bertz CT molecular complexity index is 902. The largest absolute Gasteiger partial charge is 0.319 e. The summed E-state index contributed by atoms with van der Waals surface area (Å²) in [5.41, 5.74) is 1.35.